The van der Waals surface area contributed by atoms with Crippen LogP contribution in [0.25, 0.3) is 0 Å². The maximum atomic E-state index is 15.3. The van der Waals surface area contributed by atoms with Crippen LogP contribution >= 0.6 is 0 Å². The van der Waals surface area contributed by atoms with Crippen molar-refractivity contribution in [3.05, 3.63) is 71.4 Å². The highest BCUT2D eigenvalue weighted by Crippen LogP contribution is 2.57. The Balaban J connectivity index is 1.35. The molecular weight excluding hydrogens is 632 g/mol. The number of likely N-dealkylation sites (tertiary alicyclic amines) is 3. The minimum Gasteiger partial charge on any atom is -0.497 e. The van der Waals surface area contributed by atoms with Crippen LogP contribution in [0.1, 0.15) is 36.5 Å². The molecule has 5 heterocycles. The van der Waals surface area contributed by atoms with Crippen molar-refractivity contribution in [2.75, 3.05) is 71.4 Å². The number of ether oxygens (including phenoxy) is 3. The lowest BCUT2D eigenvalue weighted by atomic mass is 9.67. The van der Waals surface area contributed by atoms with E-state index in [9.17, 15) is 13.7 Å². The molecule has 3 fully saturated rings. The van der Waals surface area contributed by atoms with Crippen molar-refractivity contribution in [2.45, 2.75) is 36.4 Å². The van der Waals surface area contributed by atoms with E-state index in [0.717, 1.165) is 43.3 Å². The minimum atomic E-state index is -4.54. The van der Waals surface area contributed by atoms with Crippen molar-refractivity contribution >= 4 is 21.6 Å². The van der Waals surface area contributed by atoms with Gasteiger partial charge in [-0.25, -0.2) is 4.98 Å². The summed E-state index contributed by atoms with van der Waals surface area (Å²) in [5.74, 6) is 0.648. The molecule has 3 aromatic rings. The van der Waals surface area contributed by atoms with Crippen LogP contribution in [-0.4, -0.2) is 107 Å². The largest absolute Gasteiger partial charge is 0.497 e. The van der Waals surface area contributed by atoms with Gasteiger partial charge in [-0.15, -0.1) is 0 Å². The van der Waals surface area contributed by atoms with Gasteiger partial charge in [0.1, 0.15) is 17.2 Å². The summed E-state index contributed by atoms with van der Waals surface area (Å²) in [5, 5.41) is 9.55. The summed E-state index contributed by atoms with van der Waals surface area (Å²) in [6.07, 6.45) is 3.58. The molecule has 0 N–H and O–H groups in total. The summed E-state index contributed by atoms with van der Waals surface area (Å²) in [6, 6.07) is 15.6. The standard InChI is InChI=1S/C35H40N6O6S/c1-5-47-31-10-7-26(45-3)17-29(31)35(40-22-34(23-40)20-39(21-34)25-12-14-38(2)15-13-25)28-9-6-24(18-36)16-30(28)41(33(35)42)48(43,44)32-11-8-27(46-4)19-37-32/h6-11,16-17,19,25H,5,12-15,20-23H2,1-4H3. The van der Waals surface area contributed by atoms with Gasteiger partial charge in [0.2, 0.25) is 0 Å². The number of nitriles is 1. The van der Waals surface area contributed by atoms with Crippen molar-refractivity contribution in [2.24, 2.45) is 5.41 Å². The molecule has 1 amide bonds. The number of fused-ring (bicyclic) bond motifs is 1. The number of hydrogen-bond acceptors (Lipinski definition) is 11. The first-order valence-corrected chi connectivity index (χ1v) is 17.7. The Labute approximate surface area is 281 Å². The van der Waals surface area contributed by atoms with Gasteiger partial charge in [-0.2, -0.15) is 18.0 Å². The van der Waals surface area contributed by atoms with E-state index in [4.69, 9.17) is 14.2 Å². The van der Waals surface area contributed by atoms with Gasteiger partial charge in [-0.3, -0.25) is 14.6 Å². The SMILES string of the molecule is CCOc1ccc(OC)cc1C1(N2CC3(CN(C4CCN(C)CC4)C3)C2)C(=O)N(S(=O)(=O)c2ccc(OC)cn2)c2cc(C#N)ccc21. The summed E-state index contributed by atoms with van der Waals surface area (Å²) in [7, 11) is 0.632. The van der Waals surface area contributed by atoms with Crippen molar-refractivity contribution in [3.8, 4) is 23.3 Å². The average Bonchev–Trinajstić information content (AvgIpc) is 3.32. The second kappa shape index (κ2) is 12.0. The number of nitrogens with zero attached hydrogens (tertiary/aromatic N) is 6. The Kier molecular flexibility index (Phi) is 8.10. The molecule has 7 rings (SSSR count). The van der Waals surface area contributed by atoms with Gasteiger partial charge in [0.05, 0.1) is 44.3 Å². The summed E-state index contributed by atoms with van der Waals surface area (Å²) >= 11 is 0. The smallest absolute Gasteiger partial charge is 0.288 e. The fourth-order valence-corrected chi connectivity index (χ4v) is 9.36. The second-order valence-electron chi connectivity index (χ2n) is 13.3. The number of rotatable bonds is 9. The van der Waals surface area contributed by atoms with Crippen molar-refractivity contribution in [3.63, 3.8) is 0 Å². The van der Waals surface area contributed by atoms with Crippen molar-refractivity contribution < 1.29 is 27.4 Å². The molecule has 13 heteroatoms. The van der Waals surface area contributed by atoms with Crippen LogP contribution in [0.4, 0.5) is 5.69 Å². The normalized spacial score (nSPS) is 22.9. The van der Waals surface area contributed by atoms with Crippen LogP contribution < -0.4 is 18.5 Å². The van der Waals surface area contributed by atoms with Crippen LogP contribution in [0.5, 0.6) is 17.2 Å². The minimum absolute atomic E-state index is 0.0160. The summed E-state index contributed by atoms with van der Waals surface area (Å²) in [4.78, 5) is 26.5. The van der Waals surface area contributed by atoms with Crippen LogP contribution in [0.3, 0.4) is 0 Å². The Morgan fingerprint density at radius 3 is 2.29 bits per heavy atom. The zero-order valence-electron chi connectivity index (χ0n) is 27.7. The van der Waals surface area contributed by atoms with Gasteiger partial charge in [-0.1, -0.05) is 6.07 Å². The number of carbonyl (C=O) groups excluding carboxylic acids is 1. The van der Waals surface area contributed by atoms with Crippen molar-refractivity contribution in [1.29, 1.82) is 5.26 Å². The maximum absolute atomic E-state index is 15.3. The van der Waals surface area contributed by atoms with E-state index in [2.05, 4.69) is 32.8 Å². The number of sulfonamides is 1. The van der Waals surface area contributed by atoms with E-state index in [0.29, 0.717) is 54.1 Å². The summed E-state index contributed by atoms with van der Waals surface area (Å²) in [6.45, 7) is 7.38. The van der Waals surface area contributed by atoms with E-state index in [1.54, 1.807) is 37.4 Å². The van der Waals surface area contributed by atoms with Gasteiger partial charge in [0.25, 0.3) is 15.9 Å². The topological polar surface area (TPSA) is 129 Å². The molecule has 1 atom stereocenters. The van der Waals surface area contributed by atoms with E-state index < -0.39 is 21.5 Å². The van der Waals surface area contributed by atoms with Crippen molar-refractivity contribution in [1.82, 2.24) is 19.7 Å². The lowest BCUT2D eigenvalue weighted by Crippen LogP contribution is -2.77. The molecule has 1 aromatic heterocycles. The molecule has 1 spiro atoms. The summed E-state index contributed by atoms with van der Waals surface area (Å²) < 4.78 is 46.7. The Morgan fingerprint density at radius 2 is 1.67 bits per heavy atom. The third-order valence-electron chi connectivity index (χ3n) is 10.4. The van der Waals surface area contributed by atoms with Crippen LogP contribution in [-0.2, 0) is 20.4 Å². The predicted octanol–water partition coefficient (Wildman–Crippen LogP) is 3.06. The average molecular weight is 673 g/mol. The van der Waals surface area contributed by atoms with Gasteiger partial charge >= 0.3 is 0 Å². The lowest BCUT2D eigenvalue weighted by Gasteiger charge is -2.65. The number of amides is 1. The van der Waals surface area contributed by atoms with Gasteiger partial charge in [-0.05, 0) is 82.4 Å². The van der Waals surface area contributed by atoms with E-state index in [1.165, 1.54) is 31.5 Å². The third-order valence-corrected chi connectivity index (χ3v) is 12.0. The van der Waals surface area contributed by atoms with E-state index >= 15 is 4.79 Å². The van der Waals surface area contributed by atoms with Crippen LogP contribution in [0.15, 0.2) is 59.8 Å². The lowest BCUT2D eigenvalue weighted by molar-refractivity contribution is -0.169. The Hall–Kier alpha value is -4.22. The maximum Gasteiger partial charge on any atom is 0.288 e. The van der Waals surface area contributed by atoms with E-state index in [1.807, 2.05) is 6.92 Å². The summed E-state index contributed by atoms with van der Waals surface area (Å²) in [5.41, 5.74) is -0.312. The number of piperidine rings is 1. The quantitative estimate of drug-likeness (QED) is 0.333. The number of methoxy groups -OCH3 is 2. The molecule has 0 aliphatic carbocycles. The molecule has 3 saturated heterocycles. The molecule has 252 valence electrons. The fraction of sp³-hybridized carbons (Fsp3) is 0.457. The Bertz CT molecular complexity index is 1870. The zero-order valence-corrected chi connectivity index (χ0v) is 28.5. The van der Waals surface area contributed by atoms with Gasteiger partial charge in [0.15, 0.2) is 10.6 Å². The number of anilines is 1. The highest BCUT2D eigenvalue weighted by atomic mass is 32.2. The molecule has 0 bridgehead atoms. The molecule has 12 nitrogen and oxygen atoms in total. The molecule has 4 aliphatic heterocycles. The predicted molar refractivity (Wildman–Crippen MR) is 178 cm³/mol. The number of carbonyl (C=O) groups is 1. The van der Waals surface area contributed by atoms with Gasteiger partial charge < -0.3 is 19.1 Å². The second-order valence-corrected chi connectivity index (χ2v) is 15.0. The molecular formula is C35H40N6O6S. The molecule has 0 radical (unpaired) electrons. The fourth-order valence-electron chi connectivity index (χ4n) is 7.99. The monoisotopic (exact) mass is 672 g/mol. The number of benzene rings is 2. The first-order chi connectivity index (χ1) is 23.1. The van der Waals surface area contributed by atoms with E-state index in [-0.39, 0.29) is 21.7 Å². The number of pyridine rings is 1. The first kappa shape index (κ1) is 32.3. The third kappa shape index (κ3) is 4.92. The first-order valence-electron chi connectivity index (χ1n) is 16.2. The molecule has 0 saturated carbocycles. The van der Waals surface area contributed by atoms with Crippen LogP contribution in [0.2, 0.25) is 0 Å². The number of hydrogen-bond donors (Lipinski definition) is 0. The Morgan fingerprint density at radius 1 is 0.958 bits per heavy atom. The molecule has 48 heavy (non-hydrogen) atoms. The molecule has 1 unspecified atom stereocenters. The van der Waals surface area contributed by atoms with Gasteiger partial charge in [0, 0.05) is 48.8 Å². The molecule has 4 aliphatic rings. The highest BCUT2D eigenvalue weighted by Gasteiger charge is 2.67. The number of aromatic nitrogens is 1. The highest BCUT2D eigenvalue weighted by molar-refractivity contribution is 7.93. The zero-order chi connectivity index (χ0) is 33.8. The van der Waals surface area contributed by atoms with Crippen LogP contribution in [0, 0.1) is 16.7 Å². The molecule has 2 aromatic carbocycles.